The monoisotopic (exact) mass is 336 g/mol. The predicted octanol–water partition coefficient (Wildman–Crippen LogP) is 4.49. The minimum atomic E-state index is -0.0471. The van der Waals surface area contributed by atoms with Crippen LogP contribution in [0.4, 0.5) is 5.69 Å². The van der Waals surface area contributed by atoms with Crippen molar-refractivity contribution in [2.45, 2.75) is 33.2 Å². The average molecular weight is 336 g/mol. The fourth-order valence-corrected chi connectivity index (χ4v) is 2.91. The summed E-state index contributed by atoms with van der Waals surface area (Å²) in [6.07, 6.45) is 2.16. The Morgan fingerprint density at radius 1 is 1.04 bits per heavy atom. The third-order valence-electron chi connectivity index (χ3n) is 4.17. The highest BCUT2D eigenvalue weighted by Crippen LogP contribution is 2.18. The zero-order valence-electron chi connectivity index (χ0n) is 14.8. The fraction of sp³-hybridized carbons (Fsp3) is 0.286. The standard InChI is InChI=1S/C21H24N2O2/c1-3-5-15-6-11-20-16(12-15)13-17(21(24)23-20)14-22-18-7-9-19(10-8-18)25-4-2/h6-13,22H,3-5,14H2,1-2H3,(H,23,24). The molecule has 0 saturated heterocycles. The summed E-state index contributed by atoms with van der Waals surface area (Å²) in [7, 11) is 0. The molecule has 3 aromatic rings. The number of ether oxygens (including phenoxy) is 1. The van der Waals surface area contributed by atoms with Gasteiger partial charge in [0.1, 0.15) is 5.75 Å². The van der Waals surface area contributed by atoms with Gasteiger partial charge in [-0.05, 0) is 66.8 Å². The van der Waals surface area contributed by atoms with E-state index in [0.717, 1.165) is 40.7 Å². The second-order valence-electron chi connectivity index (χ2n) is 6.11. The van der Waals surface area contributed by atoms with Gasteiger partial charge >= 0.3 is 0 Å². The quantitative estimate of drug-likeness (QED) is 0.668. The van der Waals surface area contributed by atoms with Gasteiger partial charge in [-0.2, -0.15) is 0 Å². The lowest BCUT2D eigenvalue weighted by Crippen LogP contribution is -2.15. The maximum atomic E-state index is 12.3. The Morgan fingerprint density at radius 2 is 1.84 bits per heavy atom. The second-order valence-corrected chi connectivity index (χ2v) is 6.11. The van der Waals surface area contributed by atoms with Crippen LogP contribution in [-0.4, -0.2) is 11.6 Å². The number of hydrogen-bond acceptors (Lipinski definition) is 3. The van der Waals surface area contributed by atoms with Crippen molar-refractivity contribution in [1.29, 1.82) is 0 Å². The van der Waals surface area contributed by atoms with Crippen molar-refractivity contribution in [2.75, 3.05) is 11.9 Å². The van der Waals surface area contributed by atoms with Crippen molar-refractivity contribution in [3.8, 4) is 5.75 Å². The predicted molar refractivity (Wildman–Crippen MR) is 104 cm³/mol. The summed E-state index contributed by atoms with van der Waals surface area (Å²) in [5.41, 5.74) is 3.83. The van der Waals surface area contributed by atoms with E-state index in [9.17, 15) is 4.79 Å². The van der Waals surface area contributed by atoms with Gasteiger partial charge < -0.3 is 15.0 Å². The molecule has 25 heavy (non-hydrogen) atoms. The summed E-state index contributed by atoms with van der Waals surface area (Å²) in [4.78, 5) is 15.3. The molecule has 0 aliphatic heterocycles. The van der Waals surface area contributed by atoms with Gasteiger partial charge in [-0.1, -0.05) is 19.4 Å². The van der Waals surface area contributed by atoms with Gasteiger partial charge in [-0.3, -0.25) is 4.79 Å². The molecule has 0 atom stereocenters. The van der Waals surface area contributed by atoms with Crippen molar-refractivity contribution in [1.82, 2.24) is 4.98 Å². The molecule has 3 rings (SSSR count). The zero-order valence-corrected chi connectivity index (χ0v) is 14.8. The molecule has 0 radical (unpaired) electrons. The number of anilines is 1. The molecule has 0 fully saturated rings. The lowest BCUT2D eigenvalue weighted by molar-refractivity contribution is 0.340. The van der Waals surface area contributed by atoms with Crippen molar-refractivity contribution >= 4 is 16.6 Å². The van der Waals surface area contributed by atoms with Crippen LogP contribution in [0.25, 0.3) is 10.9 Å². The van der Waals surface area contributed by atoms with Crippen LogP contribution in [-0.2, 0) is 13.0 Å². The van der Waals surface area contributed by atoms with E-state index in [1.807, 2.05) is 43.3 Å². The molecular formula is C21H24N2O2. The van der Waals surface area contributed by atoms with Crippen LogP contribution in [0.2, 0.25) is 0 Å². The molecule has 0 aliphatic carbocycles. The SMILES string of the molecule is CCCc1ccc2[nH]c(=O)c(CNc3ccc(OCC)cc3)cc2c1. The Bertz CT molecular complexity index is 898. The number of pyridine rings is 1. The molecule has 0 saturated carbocycles. The van der Waals surface area contributed by atoms with Crippen LogP contribution < -0.4 is 15.6 Å². The molecule has 0 unspecified atom stereocenters. The number of H-pyrrole nitrogens is 1. The van der Waals surface area contributed by atoms with E-state index < -0.39 is 0 Å². The van der Waals surface area contributed by atoms with Crippen molar-refractivity contribution in [3.63, 3.8) is 0 Å². The van der Waals surface area contributed by atoms with Crippen LogP contribution >= 0.6 is 0 Å². The minimum absolute atomic E-state index is 0.0471. The van der Waals surface area contributed by atoms with Crippen molar-refractivity contribution < 1.29 is 4.74 Å². The van der Waals surface area contributed by atoms with Gasteiger partial charge in [-0.25, -0.2) is 0 Å². The molecule has 0 bridgehead atoms. The summed E-state index contributed by atoms with van der Waals surface area (Å²) < 4.78 is 5.44. The van der Waals surface area contributed by atoms with Gasteiger partial charge in [0, 0.05) is 23.3 Å². The summed E-state index contributed by atoms with van der Waals surface area (Å²) >= 11 is 0. The Morgan fingerprint density at radius 3 is 2.56 bits per heavy atom. The minimum Gasteiger partial charge on any atom is -0.494 e. The van der Waals surface area contributed by atoms with E-state index in [4.69, 9.17) is 4.74 Å². The number of hydrogen-bond donors (Lipinski definition) is 2. The van der Waals surface area contributed by atoms with E-state index in [1.165, 1.54) is 5.56 Å². The van der Waals surface area contributed by atoms with E-state index in [1.54, 1.807) is 0 Å². The van der Waals surface area contributed by atoms with Gasteiger partial charge in [0.15, 0.2) is 0 Å². The lowest BCUT2D eigenvalue weighted by Gasteiger charge is -2.09. The molecule has 0 aliphatic rings. The molecule has 1 heterocycles. The first kappa shape index (κ1) is 17.1. The molecule has 0 spiro atoms. The molecule has 2 N–H and O–H groups in total. The molecule has 130 valence electrons. The first-order chi connectivity index (χ1) is 12.2. The largest absolute Gasteiger partial charge is 0.494 e. The number of nitrogens with one attached hydrogen (secondary N) is 2. The summed E-state index contributed by atoms with van der Waals surface area (Å²) in [5, 5.41) is 4.38. The Labute approximate surface area is 147 Å². The van der Waals surface area contributed by atoms with Crippen LogP contribution in [0, 0.1) is 0 Å². The molecule has 4 nitrogen and oxygen atoms in total. The van der Waals surface area contributed by atoms with Gasteiger partial charge in [0.2, 0.25) is 0 Å². The summed E-state index contributed by atoms with van der Waals surface area (Å²) in [5.74, 6) is 0.847. The molecule has 0 amide bonds. The van der Waals surface area contributed by atoms with Gasteiger partial charge in [0.05, 0.1) is 6.61 Å². The molecular weight excluding hydrogens is 312 g/mol. The Balaban J connectivity index is 1.78. The number of fused-ring (bicyclic) bond motifs is 1. The van der Waals surface area contributed by atoms with E-state index in [0.29, 0.717) is 13.2 Å². The summed E-state index contributed by atoms with van der Waals surface area (Å²) in [6.45, 7) is 5.27. The average Bonchev–Trinajstić information content (AvgIpc) is 2.62. The number of aryl methyl sites for hydroxylation is 1. The first-order valence-electron chi connectivity index (χ1n) is 8.81. The third kappa shape index (κ3) is 4.21. The van der Waals surface area contributed by atoms with Crippen molar-refractivity contribution in [3.05, 3.63) is 70.0 Å². The maximum absolute atomic E-state index is 12.3. The van der Waals surface area contributed by atoms with Crippen molar-refractivity contribution in [2.24, 2.45) is 0 Å². The fourth-order valence-electron chi connectivity index (χ4n) is 2.91. The smallest absolute Gasteiger partial charge is 0.253 e. The number of aromatic nitrogens is 1. The Kier molecular flexibility index (Phi) is 5.39. The molecule has 1 aromatic heterocycles. The highest BCUT2D eigenvalue weighted by atomic mass is 16.5. The number of aromatic amines is 1. The Hall–Kier alpha value is -2.75. The van der Waals surface area contributed by atoms with E-state index in [-0.39, 0.29) is 5.56 Å². The highest BCUT2D eigenvalue weighted by molar-refractivity contribution is 5.79. The number of benzene rings is 2. The lowest BCUT2D eigenvalue weighted by atomic mass is 10.1. The van der Waals surface area contributed by atoms with Crippen LogP contribution in [0.3, 0.4) is 0 Å². The summed E-state index contributed by atoms with van der Waals surface area (Å²) in [6, 6.07) is 16.0. The van der Waals surface area contributed by atoms with E-state index >= 15 is 0 Å². The van der Waals surface area contributed by atoms with Crippen LogP contribution in [0.15, 0.2) is 53.3 Å². The van der Waals surface area contributed by atoms with E-state index in [2.05, 4.69) is 29.4 Å². The maximum Gasteiger partial charge on any atom is 0.253 e. The van der Waals surface area contributed by atoms with Crippen LogP contribution in [0.1, 0.15) is 31.4 Å². The van der Waals surface area contributed by atoms with Gasteiger partial charge in [0.25, 0.3) is 5.56 Å². The zero-order chi connectivity index (χ0) is 17.6. The molecule has 2 aromatic carbocycles. The van der Waals surface area contributed by atoms with Gasteiger partial charge in [-0.15, -0.1) is 0 Å². The normalized spacial score (nSPS) is 10.8. The van der Waals surface area contributed by atoms with Crippen LogP contribution in [0.5, 0.6) is 5.75 Å². The first-order valence-corrected chi connectivity index (χ1v) is 8.81. The third-order valence-corrected chi connectivity index (χ3v) is 4.17. The number of rotatable bonds is 7. The highest BCUT2D eigenvalue weighted by Gasteiger charge is 2.04. The topological polar surface area (TPSA) is 54.1 Å². The second kappa shape index (κ2) is 7.88. The molecule has 4 heteroatoms.